The number of hydrogen-bond donors (Lipinski definition) is 1. The van der Waals surface area contributed by atoms with E-state index in [0.29, 0.717) is 0 Å². The van der Waals surface area contributed by atoms with Crippen molar-refractivity contribution in [2.75, 3.05) is 29.9 Å². The van der Waals surface area contributed by atoms with Crippen LogP contribution in [0, 0.1) is 6.92 Å². The summed E-state index contributed by atoms with van der Waals surface area (Å²) in [7, 11) is 0. The Morgan fingerprint density at radius 2 is 1.91 bits per heavy atom. The Morgan fingerprint density at radius 3 is 2.57 bits per heavy atom. The van der Waals surface area contributed by atoms with Crippen LogP contribution in [0.5, 0.6) is 0 Å². The van der Waals surface area contributed by atoms with Crippen molar-refractivity contribution in [1.29, 1.82) is 0 Å². The third-order valence-corrected chi connectivity index (χ3v) is 4.27. The summed E-state index contributed by atoms with van der Waals surface area (Å²) in [5, 5.41) is 3.42. The van der Waals surface area contributed by atoms with Crippen LogP contribution in [0.2, 0.25) is 0 Å². The Kier molecular flexibility index (Phi) is 7.37. The van der Waals surface area contributed by atoms with Gasteiger partial charge in [-0.05, 0) is 51.9 Å². The Balaban J connectivity index is 1.96. The molecule has 128 valence electrons. The van der Waals surface area contributed by atoms with Gasteiger partial charge in [-0.1, -0.05) is 25.5 Å². The van der Waals surface area contributed by atoms with E-state index in [1.165, 1.54) is 25.7 Å². The second-order valence-corrected chi connectivity index (χ2v) is 6.46. The zero-order valence-corrected chi connectivity index (χ0v) is 15.1. The summed E-state index contributed by atoms with van der Waals surface area (Å²) in [5.74, 6) is 1.83. The molecule has 4 heteroatoms. The van der Waals surface area contributed by atoms with Gasteiger partial charge in [0.05, 0.1) is 0 Å². The topological polar surface area (TPSA) is 41.1 Å². The molecule has 0 atom stereocenters. The number of anilines is 2. The van der Waals surface area contributed by atoms with Crippen molar-refractivity contribution in [1.82, 2.24) is 9.97 Å². The monoisotopic (exact) mass is 316 g/mol. The van der Waals surface area contributed by atoms with Crippen LogP contribution in [-0.4, -0.2) is 29.6 Å². The summed E-state index contributed by atoms with van der Waals surface area (Å²) in [6.45, 7) is 9.52. The van der Waals surface area contributed by atoms with Gasteiger partial charge < -0.3 is 10.2 Å². The van der Waals surface area contributed by atoms with Crippen LogP contribution in [0.15, 0.2) is 17.7 Å². The standard InChI is InChI=1S/C19H32N4/c1-4-13-23(14-5-2)18-15-16(3)21-19(22-18)20-12-11-17-9-7-6-8-10-17/h9,15H,4-8,10-14H2,1-3H3,(H,20,21,22). The zero-order valence-electron chi connectivity index (χ0n) is 15.1. The second kappa shape index (κ2) is 9.53. The molecule has 0 aromatic carbocycles. The molecule has 0 unspecified atom stereocenters. The fourth-order valence-electron chi connectivity index (χ4n) is 3.14. The van der Waals surface area contributed by atoms with Crippen molar-refractivity contribution in [3.8, 4) is 0 Å². The first-order chi connectivity index (χ1) is 11.2. The van der Waals surface area contributed by atoms with E-state index in [-0.39, 0.29) is 0 Å². The van der Waals surface area contributed by atoms with Gasteiger partial charge in [0, 0.05) is 31.4 Å². The van der Waals surface area contributed by atoms with E-state index in [1.54, 1.807) is 5.57 Å². The Bertz CT molecular complexity index is 504. The van der Waals surface area contributed by atoms with Gasteiger partial charge in [-0.25, -0.2) is 4.98 Å². The molecule has 0 radical (unpaired) electrons. The van der Waals surface area contributed by atoms with Gasteiger partial charge in [0.15, 0.2) is 0 Å². The molecule has 1 aromatic heterocycles. The highest BCUT2D eigenvalue weighted by Crippen LogP contribution is 2.20. The minimum Gasteiger partial charge on any atom is -0.356 e. The van der Waals surface area contributed by atoms with Gasteiger partial charge in [-0.15, -0.1) is 0 Å². The minimum atomic E-state index is 0.772. The maximum Gasteiger partial charge on any atom is 0.224 e. The summed E-state index contributed by atoms with van der Waals surface area (Å²) in [6, 6.07) is 2.10. The fraction of sp³-hybridized carbons (Fsp3) is 0.684. The average Bonchev–Trinajstić information content (AvgIpc) is 2.55. The molecule has 1 heterocycles. The molecule has 0 saturated carbocycles. The molecular formula is C19H32N4. The minimum absolute atomic E-state index is 0.772. The van der Waals surface area contributed by atoms with Crippen molar-refractivity contribution in [2.45, 2.75) is 65.7 Å². The SMILES string of the molecule is CCCN(CCC)c1cc(C)nc(NCCC2=CCCCC2)n1. The number of nitrogens with one attached hydrogen (secondary N) is 1. The van der Waals surface area contributed by atoms with Crippen LogP contribution in [0.4, 0.5) is 11.8 Å². The van der Waals surface area contributed by atoms with Gasteiger partial charge in [-0.2, -0.15) is 4.98 Å². The van der Waals surface area contributed by atoms with E-state index < -0.39 is 0 Å². The molecule has 1 aliphatic carbocycles. The molecule has 0 saturated heterocycles. The highest BCUT2D eigenvalue weighted by molar-refractivity contribution is 5.44. The van der Waals surface area contributed by atoms with E-state index in [1.807, 2.05) is 0 Å². The lowest BCUT2D eigenvalue weighted by Gasteiger charge is -2.23. The molecule has 0 aliphatic heterocycles. The van der Waals surface area contributed by atoms with Crippen LogP contribution >= 0.6 is 0 Å². The number of rotatable bonds is 9. The molecule has 2 rings (SSSR count). The zero-order chi connectivity index (χ0) is 16.5. The molecule has 4 nitrogen and oxygen atoms in total. The molecule has 1 aliphatic rings. The van der Waals surface area contributed by atoms with Crippen LogP contribution < -0.4 is 10.2 Å². The van der Waals surface area contributed by atoms with Crippen molar-refractivity contribution in [3.63, 3.8) is 0 Å². The molecule has 0 amide bonds. The first-order valence-electron chi connectivity index (χ1n) is 9.25. The quantitative estimate of drug-likeness (QED) is 0.670. The lowest BCUT2D eigenvalue weighted by molar-refractivity contribution is 0.679. The van der Waals surface area contributed by atoms with Gasteiger partial charge in [0.25, 0.3) is 0 Å². The van der Waals surface area contributed by atoms with Crippen molar-refractivity contribution in [2.24, 2.45) is 0 Å². The van der Waals surface area contributed by atoms with Gasteiger partial charge in [0.2, 0.25) is 5.95 Å². The molecule has 1 N–H and O–H groups in total. The van der Waals surface area contributed by atoms with Gasteiger partial charge in [-0.3, -0.25) is 0 Å². The predicted octanol–water partition coefficient (Wildman–Crippen LogP) is 4.71. The summed E-state index contributed by atoms with van der Waals surface area (Å²) in [5.41, 5.74) is 2.63. The fourth-order valence-corrected chi connectivity index (χ4v) is 3.14. The van der Waals surface area contributed by atoms with Crippen LogP contribution in [0.1, 0.15) is 64.5 Å². The molecular weight excluding hydrogens is 284 g/mol. The summed E-state index contributed by atoms with van der Waals surface area (Å²) in [6.07, 6.45) is 11.0. The van der Waals surface area contributed by atoms with E-state index >= 15 is 0 Å². The first kappa shape index (κ1) is 17.8. The van der Waals surface area contributed by atoms with E-state index in [9.17, 15) is 0 Å². The van der Waals surface area contributed by atoms with Crippen molar-refractivity contribution in [3.05, 3.63) is 23.4 Å². The Hall–Kier alpha value is -1.58. The number of allylic oxidation sites excluding steroid dienone is 1. The van der Waals surface area contributed by atoms with Gasteiger partial charge in [0.1, 0.15) is 5.82 Å². The smallest absolute Gasteiger partial charge is 0.224 e. The van der Waals surface area contributed by atoms with Crippen LogP contribution in [-0.2, 0) is 0 Å². The van der Waals surface area contributed by atoms with Gasteiger partial charge >= 0.3 is 0 Å². The van der Waals surface area contributed by atoms with Crippen LogP contribution in [0.25, 0.3) is 0 Å². The number of nitrogens with zero attached hydrogens (tertiary/aromatic N) is 3. The third kappa shape index (κ3) is 5.85. The largest absolute Gasteiger partial charge is 0.356 e. The number of aromatic nitrogens is 2. The maximum atomic E-state index is 4.74. The highest BCUT2D eigenvalue weighted by Gasteiger charge is 2.10. The average molecular weight is 316 g/mol. The maximum absolute atomic E-state index is 4.74. The molecule has 0 spiro atoms. The van der Waals surface area contributed by atoms with E-state index in [4.69, 9.17) is 4.98 Å². The van der Waals surface area contributed by atoms with Crippen molar-refractivity contribution < 1.29 is 0 Å². The summed E-state index contributed by atoms with van der Waals surface area (Å²) in [4.78, 5) is 11.7. The predicted molar refractivity (Wildman–Crippen MR) is 99.2 cm³/mol. The third-order valence-electron chi connectivity index (χ3n) is 4.27. The van der Waals surface area contributed by atoms with Crippen LogP contribution in [0.3, 0.4) is 0 Å². The molecule has 0 fully saturated rings. The summed E-state index contributed by atoms with van der Waals surface area (Å²) >= 11 is 0. The molecule has 0 bridgehead atoms. The second-order valence-electron chi connectivity index (χ2n) is 6.46. The highest BCUT2D eigenvalue weighted by atomic mass is 15.2. The molecule has 1 aromatic rings. The Labute approximate surface area is 141 Å². The molecule has 23 heavy (non-hydrogen) atoms. The first-order valence-corrected chi connectivity index (χ1v) is 9.25. The van der Waals surface area contributed by atoms with Crippen molar-refractivity contribution >= 4 is 11.8 Å². The lowest BCUT2D eigenvalue weighted by Crippen LogP contribution is -2.26. The summed E-state index contributed by atoms with van der Waals surface area (Å²) < 4.78 is 0. The number of aryl methyl sites for hydroxylation is 1. The lowest BCUT2D eigenvalue weighted by atomic mass is 9.97. The number of hydrogen-bond acceptors (Lipinski definition) is 4. The van der Waals surface area contributed by atoms with E-state index in [2.05, 4.69) is 48.1 Å². The Morgan fingerprint density at radius 1 is 1.13 bits per heavy atom. The van der Waals surface area contributed by atoms with E-state index in [0.717, 1.165) is 56.4 Å². The normalized spacial score (nSPS) is 14.5.